The van der Waals surface area contributed by atoms with Gasteiger partial charge in [0.15, 0.2) is 5.96 Å². The van der Waals surface area contributed by atoms with Gasteiger partial charge in [-0.05, 0) is 48.8 Å². The molecule has 406 valence electrons. The molecule has 28 heteroatoms. The lowest BCUT2D eigenvalue weighted by molar-refractivity contribution is -0.142. The number of amides is 11. The lowest BCUT2D eigenvalue weighted by atomic mass is 9.92. The molecule has 0 aromatic heterocycles. The molecule has 2 saturated heterocycles. The van der Waals surface area contributed by atoms with Gasteiger partial charge in [-0.15, -0.1) is 0 Å². The van der Waals surface area contributed by atoms with Crippen molar-refractivity contribution in [2.45, 2.75) is 112 Å². The number of nitrogens with two attached hydrogens (primary N) is 6. The summed E-state index contributed by atoms with van der Waals surface area (Å²) in [5.74, 6) is -10.0. The molecule has 2 aromatic rings. The van der Waals surface area contributed by atoms with Crippen LogP contribution in [0, 0.1) is 0 Å². The maximum atomic E-state index is 14.7. The quantitative estimate of drug-likeness (QED) is 0.0305. The number of rotatable bonds is 17. The van der Waals surface area contributed by atoms with Gasteiger partial charge in [-0.25, -0.2) is 0 Å². The molecule has 11 amide bonds. The second-order valence-electron chi connectivity index (χ2n) is 18.3. The average molecular weight is 1080 g/mol. The minimum absolute atomic E-state index is 0.0105. The van der Waals surface area contributed by atoms with E-state index < -0.39 is 139 Å². The van der Waals surface area contributed by atoms with E-state index in [2.05, 4.69) is 42.2 Å². The third kappa shape index (κ3) is 17.3. The molecule has 19 N–H and O–H groups in total. The van der Waals surface area contributed by atoms with E-state index in [9.17, 15) is 52.7 Å². The van der Waals surface area contributed by atoms with E-state index in [0.29, 0.717) is 12.0 Å². The van der Waals surface area contributed by atoms with Crippen LogP contribution in [-0.4, -0.2) is 155 Å². The second kappa shape index (κ2) is 27.7. The molecule has 1 spiro atoms. The first kappa shape index (κ1) is 58.4. The van der Waals surface area contributed by atoms with Crippen LogP contribution in [0.1, 0.15) is 61.6 Å². The maximum Gasteiger partial charge on any atom is 0.247 e. The molecular formula is C47H65N15O11S2. The number of benzene rings is 2. The number of hydrogen-bond donors (Lipinski definition) is 13. The summed E-state index contributed by atoms with van der Waals surface area (Å²) in [5, 5.41) is 18.2. The first-order valence-electron chi connectivity index (χ1n) is 24.1. The number of carbonyl (C=O) groups excluding carboxylic acids is 11. The Morgan fingerprint density at radius 2 is 1.37 bits per heavy atom. The van der Waals surface area contributed by atoms with Gasteiger partial charge in [0.1, 0.15) is 41.8 Å². The van der Waals surface area contributed by atoms with Crippen molar-refractivity contribution in [3.8, 4) is 0 Å². The fraction of sp³-hybridized carbons (Fsp3) is 0.489. The van der Waals surface area contributed by atoms with Gasteiger partial charge in [-0.3, -0.25) is 57.7 Å². The summed E-state index contributed by atoms with van der Waals surface area (Å²) in [6.07, 6.45) is -1.04. The Labute approximate surface area is 439 Å². The second-order valence-corrected chi connectivity index (χ2v) is 20.9. The summed E-state index contributed by atoms with van der Waals surface area (Å²) < 4.78 is 0. The van der Waals surface area contributed by atoms with Crippen LogP contribution in [0.4, 0.5) is 0 Å². The van der Waals surface area contributed by atoms with Crippen LogP contribution in [0.5, 0.6) is 0 Å². The molecule has 75 heavy (non-hydrogen) atoms. The largest absolute Gasteiger partial charge is 0.370 e. The number of carbonyl (C=O) groups is 11. The number of nitrogens with zero attached hydrogens (tertiary/aromatic N) is 2. The smallest absolute Gasteiger partial charge is 0.247 e. The monoisotopic (exact) mass is 1080 g/mol. The Morgan fingerprint density at radius 3 is 2.01 bits per heavy atom. The highest BCUT2D eigenvalue weighted by Gasteiger charge is 2.47. The third-order valence-electron chi connectivity index (χ3n) is 12.5. The van der Waals surface area contributed by atoms with E-state index in [4.69, 9.17) is 34.4 Å². The Bertz CT molecular complexity index is 2470. The van der Waals surface area contributed by atoms with E-state index in [1.165, 1.54) is 4.90 Å². The summed E-state index contributed by atoms with van der Waals surface area (Å²) in [4.78, 5) is 155. The predicted molar refractivity (Wildman–Crippen MR) is 277 cm³/mol. The number of nitrogens with one attached hydrogen (secondary N) is 7. The zero-order valence-corrected chi connectivity index (χ0v) is 42.6. The fourth-order valence-corrected chi connectivity index (χ4v) is 11.0. The molecule has 0 saturated carbocycles. The molecule has 3 aliphatic rings. The molecule has 2 heterocycles. The molecule has 1 aliphatic carbocycles. The molecule has 0 bridgehead atoms. The van der Waals surface area contributed by atoms with Gasteiger partial charge in [0, 0.05) is 50.3 Å². The molecule has 5 rings (SSSR count). The Balaban J connectivity index is 1.48. The molecule has 0 unspecified atom stereocenters. The number of hydrogen-bond acceptors (Lipinski definition) is 15. The van der Waals surface area contributed by atoms with Crippen LogP contribution >= 0.6 is 21.6 Å². The molecular weight excluding hydrogens is 1010 g/mol. The van der Waals surface area contributed by atoms with Crippen LogP contribution in [-0.2, 0) is 72.0 Å². The van der Waals surface area contributed by atoms with Crippen LogP contribution < -0.4 is 71.6 Å². The van der Waals surface area contributed by atoms with E-state index in [0.717, 1.165) is 32.7 Å². The highest BCUT2D eigenvalue weighted by Crippen LogP contribution is 2.32. The van der Waals surface area contributed by atoms with Crippen LogP contribution in [0.25, 0.3) is 0 Å². The van der Waals surface area contributed by atoms with Crippen molar-refractivity contribution in [3.63, 3.8) is 0 Å². The standard InChI is InChI=1S/C47H65N15O11S2/c48-28-23-74-75-24-33(44(72)62-17-7-13-34(62)43(71)57-29(12-6-16-54-46(52)53)39(67)55-22-37(51)65)59-42(70)32(19-36(50)64)58-40(68)30(14-15-35(49)63)56-41(69)31(18-25-8-2-1-3-9-25)60-45(73)47(61-38(28)66)20-26-10-4-5-11-27(26)21-47/h1-5,8-11,28-34H,6-7,12-24,48H2,(H2,49,63)(H2,50,64)(H2,51,65)(H,55,67)(H,56,69)(H,57,71)(H,58,68)(H,59,70)(H,60,73)(H,61,66)(H4,52,53,54)/t28-,29-,30+,31+,32+,33-,34+/m1/s1. The first-order chi connectivity index (χ1) is 35.7. The Hall–Kier alpha value is -7.46. The summed E-state index contributed by atoms with van der Waals surface area (Å²) >= 11 is 0. The Kier molecular flexibility index (Phi) is 21.6. The Morgan fingerprint density at radius 1 is 0.747 bits per heavy atom. The van der Waals surface area contributed by atoms with Gasteiger partial charge < -0.3 is 76.5 Å². The predicted octanol–water partition coefficient (Wildman–Crippen LogP) is -5.18. The van der Waals surface area contributed by atoms with E-state index in [1.54, 1.807) is 42.5 Å². The minimum atomic E-state index is -1.78. The SMILES string of the molecule is NC(=O)CC[C@@H]1NC(=O)[C@H](Cc2ccccc2)NC(=O)C2(Cc3ccccc3C2)NC(=O)[C@H](N)CSSC[C@H](C(=O)N2CCC[C@H]2C(=O)N[C@H](CCCN=C(N)N)C(=O)NCC(N)=O)NC(=O)[C@H](CC(N)=O)NC1=O. The van der Waals surface area contributed by atoms with Gasteiger partial charge >= 0.3 is 0 Å². The van der Waals surface area contributed by atoms with Crippen LogP contribution in [0.3, 0.4) is 0 Å². The van der Waals surface area contributed by atoms with Crippen LogP contribution in [0.15, 0.2) is 59.6 Å². The van der Waals surface area contributed by atoms with Gasteiger partial charge in [0.05, 0.1) is 19.0 Å². The van der Waals surface area contributed by atoms with Crippen molar-refractivity contribution in [3.05, 3.63) is 71.3 Å². The molecule has 2 aromatic carbocycles. The van der Waals surface area contributed by atoms with Gasteiger partial charge in [-0.1, -0.05) is 76.2 Å². The number of likely N-dealkylation sites (tertiary alicyclic amines) is 1. The van der Waals surface area contributed by atoms with Crippen molar-refractivity contribution in [2.75, 3.05) is 31.1 Å². The average Bonchev–Trinajstić information content (AvgIpc) is 4.01. The summed E-state index contributed by atoms with van der Waals surface area (Å²) in [5.41, 5.74) is 34.0. The maximum absolute atomic E-state index is 14.7. The molecule has 7 atom stereocenters. The highest BCUT2D eigenvalue weighted by atomic mass is 33.1. The molecule has 0 radical (unpaired) electrons. The minimum Gasteiger partial charge on any atom is -0.370 e. The van der Waals surface area contributed by atoms with Crippen molar-refractivity contribution in [1.82, 2.24) is 42.1 Å². The summed E-state index contributed by atoms with van der Waals surface area (Å²) in [7, 11) is 2.07. The number of primary amides is 3. The number of fused-ring (bicyclic) bond motifs is 1. The lowest BCUT2D eigenvalue weighted by Gasteiger charge is -2.33. The first-order valence-corrected chi connectivity index (χ1v) is 26.6. The summed E-state index contributed by atoms with van der Waals surface area (Å²) in [6.45, 7) is -0.412. The fourth-order valence-electron chi connectivity index (χ4n) is 8.72. The molecule has 2 aliphatic heterocycles. The van der Waals surface area contributed by atoms with Crippen molar-refractivity contribution in [2.24, 2.45) is 39.4 Å². The zero-order valence-electron chi connectivity index (χ0n) is 41.0. The molecule has 26 nitrogen and oxygen atoms in total. The normalized spacial score (nSPS) is 22.9. The third-order valence-corrected chi connectivity index (χ3v) is 15.0. The van der Waals surface area contributed by atoms with E-state index in [-0.39, 0.29) is 69.1 Å². The lowest BCUT2D eigenvalue weighted by Crippen LogP contribution is -2.65. The summed E-state index contributed by atoms with van der Waals surface area (Å²) in [6, 6.07) is 5.87. The van der Waals surface area contributed by atoms with Gasteiger partial charge in [0.25, 0.3) is 0 Å². The topological polar surface area (TPSA) is 444 Å². The zero-order chi connectivity index (χ0) is 54.8. The molecule has 2 fully saturated rings. The van der Waals surface area contributed by atoms with Gasteiger partial charge in [-0.2, -0.15) is 0 Å². The highest BCUT2D eigenvalue weighted by molar-refractivity contribution is 8.76. The van der Waals surface area contributed by atoms with E-state index >= 15 is 0 Å². The number of aliphatic imine (C=N–C) groups is 1. The van der Waals surface area contributed by atoms with E-state index in [1.807, 2.05) is 12.1 Å². The van der Waals surface area contributed by atoms with Crippen molar-refractivity contribution in [1.29, 1.82) is 0 Å². The van der Waals surface area contributed by atoms with Crippen molar-refractivity contribution >= 4 is 92.5 Å². The van der Waals surface area contributed by atoms with Gasteiger partial charge in [0.2, 0.25) is 65.0 Å². The van der Waals surface area contributed by atoms with Crippen LogP contribution in [0.2, 0.25) is 0 Å². The van der Waals surface area contributed by atoms with Crippen molar-refractivity contribution < 1.29 is 52.7 Å². The number of guanidine groups is 1.